The topological polar surface area (TPSA) is 74.6 Å². The molecule has 1 aromatic carbocycles. The van der Waals surface area contributed by atoms with Gasteiger partial charge in [-0.3, -0.25) is 9.59 Å². The maximum atomic E-state index is 10.6. The van der Waals surface area contributed by atoms with E-state index in [9.17, 15) is 19.8 Å². The highest BCUT2D eigenvalue weighted by Gasteiger charge is 2.17. The van der Waals surface area contributed by atoms with E-state index in [0.29, 0.717) is 12.6 Å². The van der Waals surface area contributed by atoms with E-state index in [4.69, 9.17) is 0 Å². The van der Waals surface area contributed by atoms with Crippen LogP contribution >= 0.6 is 0 Å². The summed E-state index contributed by atoms with van der Waals surface area (Å²) in [5.41, 5.74) is 0.464. The Balaban J connectivity index is 3.72. The van der Waals surface area contributed by atoms with Crippen LogP contribution in [0.25, 0.3) is 0 Å². The normalized spacial score (nSPS) is 9.86. The first-order chi connectivity index (χ1) is 6.54. The molecule has 4 heteroatoms. The Morgan fingerprint density at radius 1 is 0.857 bits per heavy atom. The van der Waals surface area contributed by atoms with Gasteiger partial charge in [0.2, 0.25) is 0 Å². The van der Waals surface area contributed by atoms with E-state index in [1.165, 1.54) is 13.8 Å². The van der Waals surface area contributed by atoms with E-state index >= 15 is 0 Å². The molecule has 0 aliphatic rings. The Hall–Kier alpha value is -1.84. The van der Waals surface area contributed by atoms with Crippen molar-refractivity contribution >= 4 is 12.6 Å². The molecule has 4 nitrogen and oxygen atoms in total. The molecule has 0 aliphatic carbocycles. The molecule has 2 N–H and O–H groups in total. The van der Waals surface area contributed by atoms with Gasteiger partial charge in [-0.2, -0.15) is 0 Å². The molecule has 0 amide bonds. The highest BCUT2D eigenvalue weighted by atomic mass is 16.3. The van der Waals surface area contributed by atoms with Crippen LogP contribution in [0.4, 0.5) is 0 Å². The van der Waals surface area contributed by atoms with Gasteiger partial charge in [-0.25, -0.2) is 0 Å². The lowest BCUT2D eigenvalue weighted by Gasteiger charge is -2.10. The molecule has 0 spiro atoms. The standard InChI is InChI=1S/C10H10O4/c1-5-7(3-11)10(14)8(4-12)6(2)9(5)13/h3-4,13-14H,1-2H3. The SMILES string of the molecule is Cc1c(O)c(C)c(C=O)c(O)c1C=O. The zero-order valence-corrected chi connectivity index (χ0v) is 7.87. The first kappa shape index (κ1) is 10.2. The minimum absolute atomic E-state index is 0.0461. The number of aromatic hydroxyl groups is 2. The van der Waals surface area contributed by atoms with Gasteiger partial charge in [0, 0.05) is 11.1 Å². The van der Waals surface area contributed by atoms with Crippen molar-refractivity contribution in [1.82, 2.24) is 0 Å². The molecule has 0 saturated heterocycles. The maximum absolute atomic E-state index is 10.6. The van der Waals surface area contributed by atoms with Crippen molar-refractivity contribution in [2.75, 3.05) is 0 Å². The van der Waals surface area contributed by atoms with E-state index < -0.39 is 0 Å². The van der Waals surface area contributed by atoms with E-state index in [2.05, 4.69) is 0 Å². The first-order valence-electron chi connectivity index (χ1n) is 4.00. The third-order valence-corrected chi connectivity index (χ3v) is 2.26. The zero-order valence-electron chi connectivity index (χ0n) is 7.87. The zero-order chi connectivity index (χ0) is 10.9. The summed E-state index contributed by atoms with van der Waals surface area (Å²) in [6, 6.07) is 0. The number of hydrogen-bond donors (Lipinski definition) is 2. The van der Waals surface area contributed by atoms with Crippen LogP contribution < -0.4 is 0 Å². The van der Waals surface area contributed by atoms with E-state index in [1.54, 1.807) is 0 Å². The Kier molecular flexibility index (Phi) is 2.56. The fraction of sp³-hybridized carbons (Fsp3) is 0.200. The maximum Gasteiger partial charge on any atom is 0.154 e. The van der Waals surface area contributed by atoms with E-state index in [-0.39, 0.29) is 33.8 Å². The molecule has 14 heavy (non-hydrogen) atoms. The van der Waals surface area contributed by atoms with Crippen molar-refractivity contribution in [2.45, 2.75) is 13.8 Å². The average molecular weight is 194 g/mol. The quantitative estimate of drug-likeness (QED) is 0.550. The van der Waals surface area contributed by atoms with Crippen LogP contribution in [0, 0.1) is 13.8 Å². The van der Waals surface area contributed by atoms with Crippen LogP contribution in [-0.2, 0) is 0 Å². The molecule has 0 atom stereocenters. The largest absolute Gasteiger partial charge is 0.507 e. The summed E-state index contributed by atoms with van der Waals surface area (Å²) in [5, 5.41) is 19.0. The van der Waals surface area contributed by atoms with Crippen molar-refractivity contribution in [3.8, 4) is 11.5 Å². The summed E-state index contributed by atoms with van der Waals surface area (Å²) in [5.74, 6) is -0.505. The predicted octanol–water partition coefficient (Wildman–Crippen LogP) is 1.34. The molecular formula is C10H10O4. The number of rotatable bonds is 2. The summed E-state index contributed by atoms with van der Waals surface area (Å²) in [6.45, 7) is 3.00. The number of benzene rings is 1. The van der Waals surface area contributed by atoms with Gasteiger partial charge in [0.1, 0.15) is 11.5 Å². The van der Waals surface area contributed by atoms with Crippen LogP contribution in [0.1, 0.15) is 31.8 Å². The van der Waals surface area contributed by atoms with Gasteiger partial charge in [-0.05, 0) is 13.8 Å². The van der Waals surface area contributed by atoms with Gasteiger partial charge in [0.25, 0.3) is 0 Å². The number of phenols is 2. The Labute approximate surface area is 80.8 Å². The lowest BCUT2D eigenvalue weighted by molar-refractivity contribution is 0.111. The molecule has 0 unspecified atom stereocenters. The second kappa shape index (κ2) is 3.49. The molecule has 1 rings (SSSR count). The van der Waals surface area contributed by atoms with Crippen molar-refractivity contribution in [2.24, 2.45) is 0 Å². The average Bonchev–Trinajstić information content (AvgIpc) is 2.16. The Morgan fingerprint density at radius 3 is 1.50 bits per heavy atom. The monoisotopic (exact) mass is 194 g/mol. The highest BCUT2D eigenvalue weighted by Crippen LogP contribution is 2.34. The van der Waals surface area contributed by atoms with E-state index in [1.807, 2.05) is 0 Å². The molecule has 0 saturated carbocycles. The van der Waals surface area contributed by atoms with Gasteiger partial charge in [-0.1, -0.05) is 0 Å². The lowest BCUT2D eigenvalue weighted by atomic mass is 9.98. The van der Waals surface area contributed by atoms with Crippen molar-refractivity contribution < 1.29 is 19.8 Å². The smallest absolute Gasteiger partial charge is 0.154 e. The van der Waals surface area contributed by atoms with Crippen molar-refractivity contribution in [3.05, 3.63) is 22.3 Å². The van der Waals surface area contributed by atoms with Gasteiger partial charge in [-0.15, -0.1) is 0 Å². The van der Waals surface area contributed by atoms with Crippen molar-refractivity contribution in [1.29, 1.82) is 0 Å². The second-order valence-corrected chi connectivity index (χ2v) is 3.01. The van der Waals surface area contributed by atoms with Gasteiger partial charge >= 0.3 is 0 Å². The molecule has 0 bridgehead atoms. The molecule has 0 aromatic heterocycles. The summed E-state index contributed by atoms with van der Waals surface area (Å²) >= 11 is 0. The Morgan fingerprint density at radius 2 is 1.21 bits per heavy atom. The second-order valence-electron chi connectivity index (χ2n) is 3.01. The molecule has 0 heterocycles. The molecule has 0 radical (unpaired) electrons. The molecule has 0 fully saturated rings. The van der Waals surface area contributed by atoms with Crippen LogP contribution in [0.3, 0.4) is 0 Å². The Bertz CT molecular complexity index is 372. The fourth-order valence-corrected chi connectivity index (χ4v) is 1.33. The molecule has 1 aromatic rings. The fourth-order valence-electron chi connectivity index (χ4n) is 1.33. The predicted molar refractivity (Wildman–Crippen MR) is 50.0 cm³/mol. The number of aldehydes is 2. The minimum Gasteiger partial charge on any atom is -0.507 e. The minimum atomic E-state index is -0.372. The van der Waals surface area contributed by atoms with Gasteiger partial charge in [0.05, 0.1) is 11.1 Å². The summed E-state index contributed by atoms with van der Waals surface area (Å²) < 4.78 is 0. The lowest BCUT2D eigenvalue weighted by Crippen LogP contribution is -1.97. The highest BCUT2D eigenvalue weighted by molar-refractivity contribution is 5.92. The number of hydrogen-bond acceptors (Lipinski definition) is 4. The van der Waals surface area contributed by atoms with Crippen LogP contribution in [0.15, 0.2) is 0 Å². The molecule has 74 valence electrons. The van der Waals surface area contributed by atoms with Crippen LogP contribution in [0.5, 0.6) is 11.5 Å². The molecular weight excluding hydrogens is 184 g/mol. The first-order valence-corrected chi connectivity index (χ1v) is 4.00. The van der Waals surface area contributed by atoms with Gasteiger partial charge < -0.3 is 10.2 Å². The summed E-state index contributed by atoms with van der Waals surface area (Å²) in [7, 11) is 0. The molecule has 0 aliphatic heterocycles. The summed E-state index contributed by atoms with van der Waals surface area (Å²) in [6.07, 6.45) is 0.827. The van der Waals surface area contributed by atoms with E-state index in [0.717, 1.165) is 0 Å². The van der Waals surface area contributed by atoms with Crippen LogP contribution in [0.2, 0.25) is 0 Å². The van der Waals surface area contributed by atoms with Crippen LogP contribution in [-0.4, -0.2) is 22.8 Å². The summed E-state index contributed by atoms with van der Waals surface area (Å²) in [4.78, 5) is 21.2. The number of carbonyl (C=O) groups excluding carboxylic acids is 2. The van der Waals surface area contributed by atoms with Gasteiger partial charge in [0.15, 0.2) is 12.6 Å². The number of phenolic OH excluding ortho intramolecular Hbond substituents is 2. The number of carbonyl (C=O) groups is 2. The third-order valence-electron chi connectivity index (χ3n) is 2.26. The third kappa shape index (κ3) is 1.25. The van der Waals surface area contributed by atoms with Crippen molar-refractivity contribution in [3.63, 3.8) is 0 Å².